The first kappa shape index (κ1) is 12.7. The van der Waals surface area contributed by atoms with E-state index in [0.717, 1.165) is 6.26 Å². The molecule has 1 atom stereocenters. The number of aliphatic carboxylic acids is 1. The summed E-state index contributed by atoms with van der Waals surface area (Å²) in [6.07, 6.45) is 1.22. The van der Waals surface area contributed by atoms with Crippen LogP contribution in [0.25, 0.3) is 0 Å². The Balaban J connectivity index is 2.81. The van der Waals surface area contributed by atoms with Crippen LogP contribution in [-0.2, 0) is 14.6 Å². The Kier molecular flexibility index (Phi) is 4.06. The summed E-state index contributed by atoms with van der Waals surface area (Å²) in [4.78, 5) is 11.0. The molecular formula is C11H14O4S. The van der Waals surface area contributed by atoms with Crippen LogP contribution >= 0.6 is 0 Å². The lowest BCUT2D eigenvalue weighted by atomic mass is 9.97. The first-order valence-electron chi connectivity index (χ1n) is 4.85. The van der Waals surface area contributed by atoms with E-state index in [1.165, 1.54) is 0 Å². The molecule has 0 unspecified atom stereocenters. The van der Waals surface area contributed by atoms with Crippen LogP contribution in [0.4, 0.5) is 0 Å². The number of rotatable bonds is 5. The minimum absolute atomic E-state index is 0.109. The first-order chi connectivity index (χ1) is 7.40. The summed E-state index contributed by atoms with van der Waals surface area (Å²) in [5.41, 5.74) is 0.638. The summed E-state index contributed by atoms with van der Waals surface area (Å²) < 4.78 is 22.0. The zero-order valence-electron chi connectivity index (χ0n) is 8.96. The van der Waals surface area contributed by atoms with E-state index in [4.69, 9.17) is 5.11 Å². The minimum Gasteiger partial charge on any atom is -0.481 e. The van der Waals surface area contributed by atoms with Crippen molar-refractivity contribution in [1.82, 2.24) is 0 Å². The quantitative estimate of drug-likeness (QED) is 0.844. The Morgan fingerprint density at radius 3 is 2.31 bits per heavy atom. The number of hydrogen-bond acceptors (Lipinski definition) is 3. The molecule has 88 valence electrons. The number of sulfone groups is 1. The average Bonchev–Trinajstić information content (AvgIpc) is 2.17. The monoisotopic (exact) mass is 242 g/mol. The van der Waals surface area contributed by atoms with E-state index in [1.54, 1.807) is 30.3 Å². The van der Waals surface area contributed by atoms with E-state index >= 15 is 0 Å². The molecule has 0 aliphatic heterocycles. The van der Waals surface area contributed by atoms with Gasteiger partial charge in [0.2, 0.25) is 0 Å². The van der Waals surface area contributed by atoms with E-state index in [0.29, 0.717) is 5.56 Å². The van der Waals surface area contributed by atoms with Crippen LogP contribution in [0.2, 0.25) is 0 Å². The molecular weight excluding hydrogens is 228 g/mol. The zero-order chi connectivity index (χ0) is 12.2. The van der Waals surface area contributed by atoms with Gasteiger partial charge in [0.25, 0.3) is 0 Å². The van der Waals surface area contributed by atoms with Crippen molar-refractivity contribution >= 4 is 15.8 Å². The SMILES string of the molecule is CS(=O)(=O)CC[C@@H](C(=O)O)c1ccccc1. The van der Waals surface area contributed by atoms with E-state index in [-0.39, 0.29) is 12.2 Å². The van der Waals surface area contributed by atoms with Gasteiger partial charge in [-0.1, -0.05) is 30.3 Å². The van der Waals surface area contributed by atoms with E-state index in [2.05, 4.69) is 0 Å². The normalized spacial score (nSPS) is 13.3. The van der Waals surface area contributed by atoms with Crippen molar-refractivity contribution in [2.24, 2.45) is 0 Å². The highest BCUT2D eigenvalue weighted by atomic mass is 32.2. The van der Waals surface area contributed by atoms with Gasteiger partial charge >= 0.3 is 5.97 Å². The molecule has 1 aromatic carbocycles. The van der Waals surface area contributed by atoms with Gasteiger partial charge in [0.05, 0.1) is 11.7 Å². The molecule has 0 saturated heterocycles. The van der Waals surface area contributed by atoms with Crippen molar-refractivity contribution < 1.29 is 18.3 Å². The van der Waals surface area contributed by atoms with Gasteiger partial charge in [-0.15, -0.1) is 0 Å². The smallest absolute Gasteiger partial charge is 0.311 e. The molecule has 0 aromatic heterocycles. The van der Waals surface area contributed by atoms with E-state index < -0.39 is 21.7 Å². The predicted octanol–water partition coefficient (Wildman–Crippen LogP) is 1.29. The van der Waals surface area contributed by atoms with Crippen LogP contribution in [0, 0.1) is 0 Å². The summed E-state index contributed by atoms with van der Waals surface area (Å²) >= 11 is 0. The summed E-state index contributed by atoms with van der Waals surface area (Å²) in [5, 5.41) is 9.03. The molecule has 0 radical (unpaired) electrons. The predicted molar refractivity (Wildman–Crippen MR) is 61.1 cm³/mol. The van der Waals surface area contributed by atoms with Gasteiger partial charge in [-0.2, -0.15) is 0 Å². The second kappa shape index (κ2) is 5.12. The molecule has 0 spiro atoms. The third-order valence-corrected chi connectivity index (χ3v) is 3.25. The van der Waals surface area contributed by atoms with Crippen LogP contribution in [-0.4, -0.2) is 31.5 Å². The number of benzene rings is 1. The second-order valence-electron chi connectivity index (χ2n) is 3.72. The van der Waals surface area contributed by atoms with Gasteiger partial charge in [0.1, 0.15) is 9.84 Å². The fourth-order valence-electron chi connectivity index (χ4n) is 1.45. The fourth-order valence-corrected chi connectivity index (χ4v) is 2.11. The Hall–Kier alpha value is -1.36. The van der Waals surface area contributed by atoms with Crippen molar-refractivity contribution in [3.63, 3.8) is 0 Å². The van der Waals surface area contributed by atoms with Gasteiger partial charge in [-0.05, 0) is 12.0 Å². The van der Waals surface area contributed by atoms with Crippen molar-refractivity contribution in [3.8, 4) is 0 Å². The lowest BCUT2D eigenvalue weighted by molar-refractivity contribution is -0.138. The molecule has 0 fully saturated rings. The van der Waals surface area contributed by atoms with Crippen LogP contribution in [0.15, 0.2) is 30.3 Å². The molecule has 0 amide bonds. The van der Waals surface area contributed by atoms with Crippen molar-refractivity contribution in [1.29, 1.82) is 0 Å². The van der Waals surface area contributed by atoms with Crippen molar-refractivity contribution in [3.05, 3.63) is 35.9 Å². The molecule has 0 heterocycles. The Bertz CT molecular complexity index is 450. The number of hydrogen-bond donors (Lipinski definition) is 1. The summed E-state index contributed by atoms with van der Waals surface area (Å²) in [6.45, 7) is 0. The Morgan fingerprint density at radius 1 is 1.31 bits per heavy atom. The lowest BCUT2D eigenvalue weighted by Gasteiger charge is -2.11. The highest BCUT2D eigenvalue weighted by Gasteiger charge is 2.21. The molecule has 1 N–H and O–H groups in total. The van der Waals surface area contributed by atoms with Crippen LogP contribution < -0.4 is 0 Å². The van der Waals surface area contributed by atoms with Crippen molar-refractivity contribution in [2.45, 2.75) is 12.3 Å². The molecule has 16 heavy (non-hydrogen) atoms. The van der Waals surface area contributed by atoms with Gasteiger partial charge < -0.3 is 5.11 Å². The minimum atomic E-state index is -3.12. The maximum absolute atomic E-state index is 11.0. The molecule has 5 heteroatoms. The number of carbonyl (C=O) groups is 1. The maximum Gasteiger partial charge on any atom is 0.311 e. The van der Waals surface area contributed by atoms with Crippen molar-refractivity contribution in [2.75, 3.05) is 12.0 Å². The molecule has 0 bridgehead atoms. The van der Waals surface area contributed by atoms with Gasteiger partial charge in [-0.25, -0.2) is 8.42 Å². The van der Waals surface area contributed by atoms with Crippen LogP contribution in [0.3, 0.4) is 0 Å². The lowest BCUT2D eigenvalue weighted by Crippen LogP contribution is -2.16. The van der Waals surface area contributed by atoms with Crippen LogP contribution in [0.5, 0.6) is 0 Å². The Morgan fingerprint density at radius 2 is 1.88 bits per heavy atom. The molecule has 1 rings (SSSR count). The zero-order valence-corrected chi connectivity index (χ0v) is 9.78. The second-order valence-corrected chi connectivity index (χ2v) is 5.98. The van der Waals surface area contributed by atoms with Gasteiger partial charge in [0.15, 0.2) is 0 Å². The molecule has 0 aliphatic carbocycles. The Labute approximate surface area is 94.8 Å². The molecule has 1 aromatic rings. The summed E-state index contributed by atoms with van der Waals surface area (Å²) in [5.74, 6) is -1.86. The fraction of sp³-hybridized carbons (Fsp3) is 0.364. The molecule has 4 nitrogen and oxygen atoms in total. The largest absolute Gasteiger partial charge is 0.481 e. The molecule has 0 saturated carbocycles. The highest BCUT2D eigenvalue weighted by molar-refractivity contribution is 7.90. The standard InChI is InChI=1S/C11H14O4S/c1-16(14,15)8-7-10(11(12)13)9-5-3-2-4-6-9/h2-6,10H,7-8H2,1H3,(H,12,13)/t10-/m1/s1. The summed E-state index contributed by atoms with van der Waals surface area (Å²) in [7, 11) is -3.12. The molecule has 0 aliphatic rings. The number of carboxylic acids is 1. The highest BCUT2D eigenvalue weighted by Crippen LogP contribution is 2.20. The number of carboxylic acid groups (broad SMARTS) is 1. The third kappa shape index (κ3) is 4.02. The topological polar surface area (TPSA) is 71.4 Å². The average molecular weight is 242 g/mol. The maximum atomic E-state index is 11.0. The van der Waals surface area contributed by atoms with Gasteiger partial charge in [0, 0.05) is 6.26 Å². The van der Waals surface area contributed by atoms with E-state index in [1.807, 2.05) is 0 Å². The summed E-state index contributed by atoms with van der Waals surface area (Å²) in [6, 6.07) is 8.67. The first-order valence-corrected chi connectivity index (χ1v) is 6.91. The third-order valence-electron chi connectivity index (χ3n) is 2.28. The van der Waals surface area contributed by atoms with Gasteiger partial charge in [-0.3, -0.25) is 4.79 Å². The van der Waals surface area contributed by atoms with E-state index in [9.17, 15) is 13.2 Å². The van der Waals surface area contributed by atoms with Crippen LogP contribution in [0.1, 0.15) is 17.9 Å².